The predicted octanol–water partition coefficient (Wildman–Crippen LogP) is 5.42. The van der Waals surface area contributed by atoms with E-state index in [1.54, 1.807) is 22.8 Å². The Bertz CT molecular complexity index is 1470. The van der Waals surface area contributed by atoms with Crippen molar-refractivity contribution in [2.24, 2.45) is 0 Å². The number of aromatic nitrogens is 1. The van der Waals surface area contributed by atoms with Gasteiger partial charge in [0.2, 0.25) is 10.0 Å². The molecule has 8 heteroatoms. The molecule has 1 aromatic heterocycles. The summed E-state index contributed by atoms with van der Waals surface area (Å²) in [6.45, 7) is 6.10. The Morgan fingerprint density at radius 2 is 1.81 bits per heavy atom. The molecule has 1 N–H and O–H groups in total. The number of rotatable bonds is 6. The third kappa shape index (κ3) is 4.52. The van der Waals surface area contributed by atoms with Crippen LogP contribution in [0.1, 0.15) is 35.2 Å². The summed E-state index contributed by atoms with van der Waals surface area (Å²) in [5.41, 5.74) is 4.54. The second-order valence-corrected chi connectivity index (χ2v) is 11.0. The first-order valence-corrected chi connectivity index (χ1v) is 12.8. The first-order chi connectivity index (χ1) is 15.2. The minimum Gasteiger partial charge on any atom is -0.294 e. The van der Waals surface area contributed by atoms with Gasteiger partial charge in [0.05, 0.1) is 21.7 Å². The SMILES string of the molecule is Cc1ccc(C)c([C@@H](C)NS(=O)(=O)c2ccc3c(c2)sc(=O)n3Cc2ccccc2Cl)c1. The maximum Gasteiger partial charge on any atom is 0.308 e. The van der Waals surface area contributed by atoms with Crippen LogP contribution in [0.5, 0.6) is 0 Å². The van der Waals surface area contributed by atoms with Crippen molar-refractivity contribution in [1.29, 1.82) is 0 Å². The van der Waals surface area contributed by atoms with E-state index in [1.165, 1.54) is 6.07 Å². The Morgan fingerprint density at radius 3 is 2.56 bits per heavy atom. The molecular weight excluding hydrogens is 464 g/mol. The van der Waals surface area contributed by atoms with Crippen LogP contribution in [0, 0.1) is 13.8 Å². The van der Waals surface area contributed by atoms with Crippen molar-refractivity contribution in [1.82, 2.24) is 9.29 Å². The van der Waals surface area contributed by atoms with E-state index in [2.05, 4.69) is 4.72 Å². The quantitative estimate of drug-likeness (QED) is 0.395. The Kier molecular flexibility index (Phi) is 6.27. The number of nitrogens with zero attached hydrogens (tertiary/aromatic N) is 1. The Balaban J connectivity index is 1.66. The molecule has 1 heterocycles. The lowest BCUT2D eigenvalue weighted by Crippen LogP contribution is -2.27. The standard InChI is InChI=1S/C24H23ClN2O3S2/c1-15-8-9-16(2)20(12-15)17(3)26-32(29,30)19-10-11-22-23(13-19)31-24(28)27(22)14-18-6-4-5-7-21(18)25/h4-13,17,26H,14H2,1-3H3/t17-/m1/s1. The lowest BCUT2D eigenvalue weighted by atomic mass is 10.0. The van der Waals surface area contributed by atoms with E-state index in [1.807, 2.05) is 57.2 Å². The van der Waals surface area contributed by atoms with Gasteiger partial charge < -0.3 is 0 Å². The molecule has 0 aliphatic carbocycles. The van der Waals surface area contributed by atoms with E-state index in [9.17, 15) is 13.2 Å². The maximum atomic E-state index is 13.1. The fraction of sp³-hybridized carbons (Fsp3) is 0.208. The van der Waals surface area contributed by atoms with Gasteiger partial charge >= 0.3 is 4.87 Å². The Labute approximate surface area is 196 Å². The number of nitrogens with one attached hydrogen (secondary N) is 1. The molecule has 0 unspecified atom stereocenters. The lowest BCUT2D eigenvalue weighted by Gasteiger charge is -2.17. The third-order valence-electron chi connectivity index (χ3n) is 5.47. The van der Waals surface area contributed by atoms with Crippen LogP contribution < -0.4 is 9.60 Å². The second kappa shape index (κ2) is 8.83. The molecule has 1 atom stereocenters. The van der Waals surface area contributed by atoms with E-state index in [0.29, 0.717) is 21.8 Å². The first kappa shape index (κ1) is 22.7. The van der Waals surface area contributed by atoms with Crippen molar-refractivity contribution in [3.8, 4) is 0 Å². The minimum absolute atomic E-state index is 0.133. The molecule has 5 nitrogen and oxygen atoms in total. The van der Waals surface area contributed by atoms with Gasteiger partial charge in [-0.25, -0.2) is 13.1 Å². The molecular formula is C24H23ClN2O3S2. The van der Waals surface area contributed by atoms with Crippen LogP contribution in [0.15, 0.2) is 70.4 Å². The van der Waals surface area contributed by atoms with Crippen molar-refractivity contribution < 1.29 is 8.42 Å². The zero-order valence-electron chi connectivity index (χ0n) is 17.9. The molecule has 4 rings (SSSR count). The molecule has 4 aromatic rings. The maximum absolute atomic E-state index is 13.1. The Hall–Kier alpha value is -2.45. The molecule has 0 saturated carbocycles. The highest BCUT2D eigenvalue weighted by Crippen LogP contribution is 2.26. The van der Waals surface area contributed by atoms with Crippen molar-refractivity contribution in [3.05, 3.63) is 97.6 Å². The number of benzene rings is 3. The molecule has 3 aromatic carbocycles. The average molecular weight is 487 g/mol. The van der Waals surface area contributed by atoms with E-state index in [-0.39, 0.29) is 15.8 Å². The van der Waals surface area contributed by atoms with Gasteiger partial charge in [-0.15, -0.1) is 0 Å². The van der Waals surface area contributed by atoms with Crippen molar-refractivity contribution >= 4 is 43.2 Å². The van der Waals surface area contributed by atoms with Crippen LogP contribution in [0.2, 0.25) is 5.02 Å². The number of aryl methyl sites for hydroxylation is 2. The van der Waals surface area contributed by atoms with Gasteiger partial charge in [0.25, 0.3) is 0 Å². The molecule has 0 fully saturated rings. The summed E-state index contributed by atoms with van der Waals surface area (Å²) in [6, 6.07) is 17.7. The van der Waals surface area contributed by atoms with E-state index in [0.717, 1.165) is 33.6 Å². The Morgan fingerprint density at radius 1 is 1.06 bits per heavy atom. The lowest BCUT2D eigenvalue weighted by molar-refractivity contribution is 0.566. The number of fused-ring (bicyclic) bond motifs is 1. The largest absolute Gasteiger partial charge is 0.308 e. The number of sulfonamides is 1. The highest BCUT2D eigenvalue weighted by Gasteiger charge is 2.21. The van der Waals surface area contributed by atoms with Gasteiger partial charge in [-0.05, 0) is 61.7 Å². The van der Waals surface area contributed by atoms with Crippen LogP contribution in [-0.4, -0.2) is 13.0 Å². The van der Waals surface area contributed by atoms with Crippen LogP contribution in [0.25, 0.3) is 10.2 Å². The highest BCUT2D eigenvalue weighted by molar-refractivity contribution is 7.89. The van der Waals surface area contributed by atoms with Gasteiger partial charge in [0.1, 0.15) is 0 Å². The summed E-state index contributed by atoms with van der Waals surface area (Å²) < 4.78 is 31.1. The number of hydrogen-bond donors (Lipinski definition) is 1. The van der Waals surface area contributed by atoms with Crippen molar-refractivity contribution in [2.75, 3.05) is 0 Å². The van der Waals surface area contributed by atoms with Crippen LogP contribution in [0.4, 0.5) is 0 Å². The summed E-state index contributed by atoms with van der Waals surface area (Å²) in [5.74, 6) is 0. The monoisotopic (exact) mass is 486 g/mol. The van der Waals surface area contributed by atoms with Crippen LogP contribution in [0.3, 0.4) is 0 Å². The summed E-state index contributed by atoms with van der Waals surface area (Å²) in [6.07, 6.45) is 0. The molecule has 0 saturated heterocycles. The van der Waals surface area contributed by atoms with Crippen LogP contribution in [-0.2, 0) is 16.6 Å². The predicted molar refractivity (Wildman–Crippen MR) is 131 cm³/mol. The molecule has 32 heavy (non-hydrogen) atoms. The smallest absolute Gasteiger partial charge is 0.294 e. The summed E-state index contributed by atoms with van der Waals surface area (Å²) in [7, 11) is -3.77. The molecule has 166 valence electrons. The number of hydrogen-bond acceptors (Lipinski definition) is 4. The average Bonchev–Trinajstić information content (AvgIpc) is 3.05. The summed E-state index contributed by atoms with van der Waals surface area (Å²) >= 11 is 7.28. The van der Waals surface area contributed by atoms with Crippen molar-refractivity contribution in [2.45, 2.75) is 38.3 Å². The zero-order chi connectivity index (χ0) is 23.0. The number of thiazole rings is 1. The zero-order valence-corrected chi connectivity index (χ0v) is 20.3. The molecule has 0 spiro atoms. The fourth-order valence-electron chi connectivity index (χ4n) is 3.75. The molecule has 0 radical (unpaired) electrons. The van der Waals surface area contributed by atoms with Crippen LogP contribution >= 0.6 is 22.9 Å². The highest BCUT2D eigenvalue weighted by atomic mass is 35.5. The molecule has 0 aliphatic heterocycles. The second-order valence-electron chi connectivity index (χ2n) is 7.88. The summed E-state index contributed by atoms with van der Waals surface area (Å²) in [4.78, 5) is 12.6. The first-order valence-electron chi connectivity index (χ1n) is 10.1. The van der Waals surface area contributed by atoms with E-state index < -0.39 is 10.0 Å². The normalized spacial score (nSPS) is 12.9. The van der Waals surface area contributed by atoms with E-state index in [4.69, 9.17) is 11.6 Å². The van der Waals surface area contributed by atoms with Gasteiger partial charge in [-0.2, -0.15) is 0 Å². The van der Waals surface area contributed by atoms with Gasteiger partial charge in [0.15, 0.2) is 0 Å². The van der Waals surface area contributed by atoms with Gasteiger partial charge in [-0.1, -0.05) is 64.9 Å². The van der Waals surface area contributed by atoms with Crippen molar-refractivity contribution in [3.63, 3.8) is 0 Å². The molecule has 0 bridgehead atoms. The fourth-order valence-corrected chi connectivity index (χ4v) is 6.20. The summed E-state index contributed by atoms with van der Waals surface area (Å²) in [5, 5.41) is 0.586. The topological polar surface area (TPSA) is 68.2 Å². The molecule has 0 amide bonds. The van der Waals surface area contributed by atoms with E-state index >= 15 is 0 Å². The van der Waals surface area contributed by atoms with Gasteiger partial charge in [0, 0.05) is 11.1 Å². The van der Waals surface area contributed by atoms with Gasteiger partial charge in [-0.3, -0.25) is 9.36 Å². The molecule has 0 aliphatic rings. The number of halogens is 1. The minimum atomic E-state index is -3.77. The third-order valence-corrected chi connectivity index (χ3v) is 8.32.